The summed E-state index contributed by atoms with van der Waals surface area (Å²) in [5.41, 5.74) is 2.19. The minimum Gasteiger partial charge on any atom is -0.497 e. The van der Waals surface area contributed by atoms with Crippen LogP contribution in [0.1, 0.15) is 17.3 Å². The van der Waals surface area contributed by atoms with Gasteiger partial charge in [-0.25, -0.2) is 4.98 Å². The van der Waals surface area contributed by atoms with Crippen LogP contribution < -0.4 is 14.8 Å². The van der Waals surface area contributed by atoms with E-state index in [0.717, 1.165) is 21.9 Å². The summed E-state index contributed by atoms with van der Waals surface area (Å²) in [6, 6.07) is 13.1. The van der Waals surface area contributed by atoms with Crippen molar-refractivity contribution in [3.05, 3.63) is 53.4 Å². The molecule has 0 saturated heterocycles. The molecule has 0 fully saturated rings. The van der Waals surface area contributed by atoms with Crippen LogP contribution in [0.3, 0.4) is 0 Å². The van der Waals surface area contributed by atoms with Gasteiger partial charge in [-0.05, 0) is 42.2 Å². The molecule has 5 nitrogen and oxygen atoms in total. The van der Waals surface area contributed by atoms with Gasteiger partial charge >= 0.3 is 0 Å². The van der Waals surface area contributed by atoms with Gasteiger partial charge < -0.3 is 9.47 Å². The van der Waals surface area contributed by atoms with Crippen molar-refractivity contribution in [3.63, 3.8) is 0 Å². The largest absolute Gasteiger partial charge is 0.497 e. The van der Waals surface area contributed by atoms with Crippen molar-refractivity contribution in [1.29, 1.82) is 0 Å². The minimum absolute atomic E-state index is 0.175. The number of carbonyl (C=O) groups is 1. The van der Waals surface area contributed by atoms with Gasteiger partial charge in [0.15, 0.2) is 5.13 Å². The first-order chi connectivity index (χ1) is 13.1. The molecule has 0 radical (unpaired) electrons. The average molecular weight is 401 g/mol. The Labute approximate surface area is 166 Å². The molecule has 0 unspecified atom stereocenters. The van der Waals surface area contributed by atoms with Gasteiger partial charge in [0.05, 0.1) is 19.9 Å². The molecule has 1 heterocycles. The van der Waals surface area contributed by atoms with Crippen molar-refractivity contribution in [1.82, 2.24) is 4.98 Å². The first kappa shape index (κ1) is 19.3. The third kappa shape index (κ3) is 4.61. The molecular formula is C20H20N2O3S2. The lowest BCUT2D eigenvalue weighted by molar-refractivity contribution is 0.102. The molecule has 140 valence electrons. The summed E-state index contributed by atoms with van der Waals surface area (Å²) in [4.78, 5) is 18.1. The number of thioether (sulfide) groups is 1. The molecule has 0 spiro atoms. The summed E-state index contributed by atoms with van der Waals surface area (Å²) < 4.78 is 10.6. The number of hydrogen-bond acceptors (Lipinski definition) is 6. The van der Waals surface area contributed by atoms with Gasteiger partial charge in [0.1, 0.15) is 11.5 Å². The number of nitrogens with one attached hydrogen (secondary N) is 1. The number of benzene rings is 2. The number of methoxy groups -OCH3 is 2. The van der Waals surface area contributed by atoms with E-state index in [0.29, 0.717) is 22.2 Å². The summed E-state index contributed by atoms with van der Waals surface area (Å²) in [5.74, 6) is 2.21. The molecule has 27 heavy (non-hydrogen) atoms. The van der Waals surface area contributed by atoms with E-state index in [9.17, 15) is 4.79 Å². The monoisotopic (exact) mass is 400 g/mol. The van der Waals surface area contributed by atoms with Crippen molar-refractivity contribution in [2.24, 2.45) is 0 Å². The first-order valence-corrected chi connectivity index (χ1v) is 10.2. The fourth-order valence-corrected chi connectivity index (χ4v) is 3.87. The molecule has 2 aromatic carbocycles. The van der Waals surface area contributed by atoms with Crippen molar-refractivity contribution in [2.45, 2.75) is 11.8 Å². The van der Waals surface area contributed by atoms with Crippen LogP contribution in [-0.2, 0) is 0 Å². The second-order valence-electron chi connectivity index (χ2n) is 5.52. The Balaban J connectivity index is 1.75. The quantitative estimate of drug-likeness (QED) is 0.553. The predicted molar refractivity (Wildman–Crippen MR) is 111 cm³/mol. The SMILES string of the molecule is CCSc1ccc(C(=O)Nc2nc(-c3ccc(OC)cc3OC)cs2)cc1. The van der Waals surface area contributed by atoms with Crippen molar-refractivity contribution in [2.75, 3.05) is 25.3 Å². The molecule has 3 rings (SSSR count). The van der Waals surface area contributed by atoms with Crippen LogP contribution in [0.15, 0.2) is 52.7 Å². The second kappa shape index (κ2) is 8.92. The van der Waals surface area contributed by atoms with E-state index in [2.05, 4.69) is 17.2 Å². The van der Waals surface area contributed by atoms with Gasteiger partial charge in [-0.15, -0.1) is 23.1 Å². The lowest BCUT2D eigenvalue weighted by Crippen LogP contribution is -2.11. The maximum absolute atomic E-state index is 12.4. The van der Waals surface area contributed by atoms with Crippen LogP contribution >= 0.6 is 23.1 Å². The molecule has 1 aromatic heterocycles. The van der Waals surface area contributed by atoms with E-state index >= 15 is 0 Å². The molecule has 0 bridgehead atoms. The van der Waals surface area contributed by atoms with Gasteiger partial charge in [-0.3, -0.25) is 10.1 Å². The highest BCUT2D eigenvalue weighted by Crippen LogP contribution is 2.34. The zero-order valence-corrected chi connectivity index (χ0v) is 16.9. The van der Waals surface area contributed by atoms with E-state index in [-0.39, 0.29) is 5.91 Å². The Hall–Kier alpha value is -2.51. The maximum atomic E-state index is 12.4. The van der Waals surface area contributed by atoms with E-state index in [1.807, 2.05) is 47.8 Å². The van der Waals surface area contributed by atoms with Gasteiger partial charge in [0.2, 0.25) is 0 Å². The molecule has 0 aliphatic carbocycles. The van der Waals surface area contributed by atoms with Crippen LogP contribution in [0.2, 0.25) is 0 Å². The molecule has 7 heteroatoms. The van der Waals surface area contributed by atoms with Crippen LogP contribution in [0.4, 0.5) is 5.13 Å². The number of carbonyl (C=O) groups excluding carboxylic acids is 1. The first-order valence-electron chi connectivity index (χ1n) is 8.36. The molecule has 0 aliphatic heterocycles. The molecule has 0 atom stereocenters. The number of thiazole rings is 1. The summed E-state index contributed by atoms with van der Waals surface area (Å²) in [7, 11) is 3.21. The number of aromatic nitrogens is 1. The summed E-state index contributed by atoms with van der Waals surface area (Å²) in [6.45, 7) is 2.10. The fraction of sp³-hybridized carbons (Fsp3) is 0.200. The molecular weight excluding hydrogens is 380 g/mol. The highest BCUT2D eigenvalue weighted by atomic mass is 32.2. The van der Waals surface area contributed by atoms with Gasteiger partial charge in [0, 0.05) is 27.5 Å². The van der Waals surface area contributed by atoms with Crippen LogP contribution in [0.25, 0.3) is 11.3 Å². The molecule has 3 aromatic rings. The Kier molecular flexibility index (Phi) is 6.36. The van der Waals surface area contributed by atoms with Crippen molar-refractivity contribution >= 4 is 34.1 Å². The van der Waals surface area contributed by atoms with Crippen LogP contribution in [0, 0.1) is 0 Å². The van der Waals surface area contributed by atoms with Gasteiger partial charge in [0.25, 0.3) is 5.91 Å². The number of anilines is 1. The summed E-state index contributed by atoms with van der Waals surface area (Å²) >= 11 is 3.12. The standard InChI is InChI=1S/C20H20N2O3S2/c1-4-26-15-8-5-13(6-9-15)19(23)22-20-21-17(12-27-20)16-10-7-14(24-2)11-18(16)25-3/h5-12H,4H2,1-3H3,(H,21,22,23). The minimum atomic E-state index is -0.175. The number of amides is 1. The number of ether oxygens (including phenoxy) is 2. The van der Waals surface area contributed by atoms with Crippen LogP contribution in [0.5, 0.6) is 11.5 Å². The lowest BCUT2D eigenvalue weighted by Gasteiger charge is -2.08. The normalized spacial score (nSPS) is 10.5. The predicted octanol–water partition coefficient (Wildman–Crippen LogP) is 5.19. The van der Waals surface area contributed by atoms with Gasteiger partial charge in [-0.1, -0.05) is 6.92 Å². The lowest BCUT2D eigenvalue weighted by atomic mass is 10.1. The molecule has 0 aliphatic rings. The van der Waals surface area contributed by atoms with E-state index in [1.165, 1.54) is 11.3 Å². The van der Waals surface area contributed by atoms with E-state index in [4.69, 9.17) is 9.47 Å². The Morgan fingerprint density at radius 1 is 1.15 bits per heavy atom. The highest BCUT2D eigenvalue weighted by molar-refractivity contribution is 7.99. The van der Waals surface area contributed by atoms with Crippen molar-refractivity contribution in [3.8, 4) is 22.8 Å². The highest BCUT2D eigenvalue weighted by Gasteiger charge is 2.13. The van der Waals surface area contributed by atoms with Crippen LogP contribution in [-0.4, -0.2) is 30.9 Å². The number of rotatable bonds is 7. The summed E-state index contributed by atoms with van der Waals surface area (Å²) in [5, 5.41) is 5.29. The Bertz CT molecular complexity index is 923. The maximum Gasteiger partial charge on any atom is 0.257 e. The second-order valence-corrected chi connectivity index (χ2v) is 7.71. The number of hydrogen-bond donors (Lipinski definition) is 1. The van der Waals surface area contributed by atoms with E-state index in [1.54, 1.807) is 26.0 Å². The van der Waals surface area contributed by atoms with Crippen molar-refractivity contribution < 1.29 is 14.3 Å². The third-order valence-corrected chi connectivity index (χ3v) is 5.49. The summed E-state index contributed by atoms with van der Waals surface area (Å²) in [6.07, 6.45) is 0. The average Bonchev–Trinajstić information content (AvgIpc) is 3.16. The third-order valence-electron chi connectivity index (χ3n) is 3.84. The number of nitrogens with zero attached hydrogens (tertiary/aromatic N) is 1. The zero-order valence-electron chi connectivity index (χ0n) is 15.3. The molecule has 0 saturated carbocycles. The Morgan fingerprint density at radius 2 is 1.93 bits per heavy atom. The van der Waals surface area contributed by atoms with Gasteiger partial charge in [-0.2, -0.15) is 0 Å². The zero-order chi connectivity index (χ0) is 19.2. The Morgan fingerprint density at radius 3 is 2.59 bits per heavy atom. The fourth-order valence-electron chi connectivity index (χ4n) is 2.50. The van der Waals surface area contributed by atoms with E-state index < -0.39 is 0 Å². The topological polar surface area (TPSA) is 60.5 Å². The smallest absolute Gasteiger partial charge is 0.257 e. The molecule has 1 amide bonds. The molecule has 1 N–H and O–H groups in total.